The van der Waals surface area contributed by atoms with Crippen LogP contribution >= 0.6 is 0 Å². The maximum Gasteiger partial charge on any atom is 0.471 e. The summed E-state index contributed by atoms with van der Waals surface area (Å²) in [5.74, 6) is -2.76. The fourth-order valence-electron chi connectivity index (χ4n) is 2.56. The number of benzene rings is 1. The molecule has 0 spiro atoms. The maximum absolute atomic E-state index is 12.6. The van der Waals surface area contributed by atoms with Crippen LogP contribution in [0.1, 0.15) is 10.4 Å². The Labute approximate surface area is 137 Å². The topological polar surface area (TPSA) is 69.9 Å². The van der Waals surface area contributed by atoms with Crippen molar-refractivity contribution in [3.63, 3.8) is 0 Å². The summed E-state index contributed by atoms with van der Waals surface area (Å²) in [7, 11) is 2.98. The third kappa shape index (κ3) is 3.78. The highest BCUT2D eigenvalue weighted by Gasteiger charge is 2.41. The molecule has 1 aliphatic heterocycles. The van der Waals surface area contributed by atoms with E-state index in [0.717, 1.165) is 20.1 Å². The van der Waals surface area contributed by atoms with Gasteiger partial charge in [0.1, 0.15) is 0 Å². The number of primary amides is 1. The highest BCUT2D eigenvalue weighted by atomic mass is 19.4. The number of amides is 2. The van der Waals surface area contributed by atoms with Crippen molar-refractivity contribution >= 4 is 23.2 Å². The lowest BCUT2D eigenvalue weighted by Gasteiger charge is -2.35. The lowest BCUT2D eigenvalue weighted by atomic mass is 10.1. The Hall–Kier alpha value is -2.29. The fourth-order valence-corrected chi connectivity index (χ4v) is 2.56. The van der Waals surface area contributed by atoms with Gasteiger partial charge in [0, 0.05) is 44.6 Å². The van der Waals surface area contributed by atoms with Gasteiger partial charge in [0.2, 0.25) is 0 Å². The number of nitrogens with two attached hydrogens (primary N) is 1. The zero-order chi connectivity index (χ0) is 18.1. The van der Waals surface area contributed by atoms with E-state index in [-0.39, 0.29) is 11.3 Å². The first-order valence-electron chi connectivity index (χ1n) is 7.33. The van der Waals surface area contributed by atoms with Crippen LogP contribution in [0, 0.1) is 0 Å². The summed E-state index contributed by atoms with van der Waals surface area (Å²) < 4.78 is 37.7. The van der Waals surface area contributed by atoms with E-state index in [9.17, 15) is 22.8 Å². The summed E-state index contributed by atoms with van der Waals surface area (Å²) in [6.45, 7) is 2.94. The van der Waals surface area contributed by atoms with Crippen molar-refractivity contribution in [2.24, 2.45) is 5.73 Å². The minimum absolute atomic E-state index is 0.0380. The van der Waals surface area contributed by atoms with Gasteiger partial charge in [-0.3, -0.25) is 9.59 Å². The van der Waals surface area contributed by atoms with Crippen LogP contribution in [0.15, 0.2) is 18.2 Å². The van der Waals surface area contributed by atoms with E-state index >= 15 is 0 Å². The van der Waals surface area contributed by atoms with Gasteiger partial charge in [-0.05, 0) is 25.2 Å². The van der Waals surface area contributed by atoms with Crippen molar-refractivity contribution in [2.45, 2.75) is 6.18 Å². The van der Waals surface area contributed by atoms with Crippen LogP contribution in [0.4, 0.5) is 24.5 Å². The van der Waals surface area contributed by atoms with E-state index in [0.29, 0.717) is 23.7 Å². The van der Waals surface area contributed by atoms with Crippen molar-refractivity contribution < 1.29 is 22.8 Å². The summed E-state index contributed by atoms with van der Waals surface area (Å²) in [6, 6.07) is 4.13. The highest BCUT2D eigenvalue weighted by Crippen LogP contribution is 2.29. The van der Waals surface area contributed by atoms with Gasteiger partial charge in [-0.25, -0.2) is 0 Å². The Morgan fingerprint density at radius 2 is 1.75 bits per heavy atom. The smallest absolute Gasteiger partial charge is 0.368 e. The van der Waals surface area contributed by atoms with Crippen LogP contribution in [-0.4, -0.2) is 63.2 Å². The number of piperazine rings is 1. The molecule has 1 aliphatic rings. The van der Waals surface area contributed by atoms with E-state index in [4.69, 9.17) is 5.73 Å². The SMILES string of the molecule is CN1CCN(c2ccc(N(C)C(=O)C(F)(F)F)cc2C(N)=O)CC1. The molecule has 9 heteroatoms. The molecule has 1 fully saturated rings. The molecule has 1 aromatic rings. The number of hydrogen-bond donors (Lipinski definition) is 1. The molecule has 0 aromatic heterocycles. The molecule has 0 saturated carbocycles. The molecule has 1 saturated heterocycles. The molecule has 0 radical (unpaired) electrons. The van der Waals surface area contributed by atoms with E-state index in [2.05, 4.69) is 4.90 Å². The molecule has 0 bridgehead atoms. The molecule has 0 unspecified atom stereocenters. The van der Waals surface area contributed by atoms with Crippen molar-refractivity contribution in [3.05, 3.63) is 23.8 Å². The first-order valence-corrected chi connectivity index (χ1v) is 7.33. The second kappa shape index (κ2) is 6.68. The first-order chi connectivity index (χ1) is 11.1. The largest absolute Gasteiger partial charge is 0.471 e. The fraction of sp³-hybridized carbons (Fsp3) is 0.467. The second-order valence-corrected chi connectivity index (χ2v) is 5.72. The monoisotopic (exact) mass is 344 g/mol. The Kier molecular flexibility index (Phi) is 5.02. The third-order valence-corrected chi connectivity index (χ3v) is 4.02. The van der Waals surface area contributed by atoms with E-state index in [1.165, 1.54) is 18.2 Å². The molecule has 1 heterocycles. The van der Waals surface area contributed by atoms with Gasteiger partial charge in [-0.15, -0.1) is 0 Å². The van der Waals surface area contributed by atoms with Crippen LogP contribution in [0.25, 0.3) is 0 Å². The first kappa shape index (κ1) is 18.1. The highest BCUT2D eigenvalue weighted by molar-refractivity contribution is 6.02. The van der Waals surface area contributed by atoms with Crippen LogP contribution in [0.3, 0.4) is 0 Å². The summed E-state index contributed by atoms with van der Waals surface area (Å²) in [4.78, 5) is 27.6. The second-order valence-electron chi connectivity index (χ2n) is 5.72. The molecule has 2 rings (SSSR count). The molecule has 0 aliphatic carbocycles. The maximum atomic E-state index is 12.6. The van der Waals surface area contributed by atoms with Gasteiger partial charge in [-0.2, -0.15) is 13.2 Å². The van der Waals surface area contributed by atoms with Crippen molar-refractivity contribution in [2.75, 3.05) is 50.1 Å². The zero-order valence-corrected chi connectivity index (χ0v) is 13.4. The number of anilines is 2. The van der Waals surface area contributed by atoms with E-state index in [1.807, 2.05) is 11.9 Å². The molecule has 6 nitrogen and oxygen atoms in total. The Bertz CT molecular complexity index is 640. The average molecular weight is 344 g/mol. The molecular formula is C15H19F3N4O2. The Morgan fingerprint density at radius 1 is 1.17 bits per heavy atom. The summed E-state index contributed by atoms with van der Waals surface area (Å²) >= 11 is 0. The normalized spacial score (nSPS) is 16.1. The minimum Gasteiger partial charge on any atom is -0.368 e. The number of likely N-dealkylation sites (N-methyl/N-ethyl adjacent to an activating group) is 1. The molecule has 24 heavy (non-hydrogen) atoms. The van der Waals surface area contributed by atoms with Gasteiger partial charge in [0.05, 0.1) is 5.56 Å². The number of nitrogens with zero attached hydrogens (tertiary/aromatic N) is 3. The average Bonchev–Trinajstić information content (AvgIpc) is 2.52. The standard InChI is InChI=1S/C15H19F3N4O2/c1-20-5-7-22(8-6-20)12-4-3-10(9-11(12)13(19)23)21(2)14(24)15(16,17)18/h3-4,9H,5-8H2,1-2H3,(H2,19,23). The lowest BCUT2D eigenvalue weighted by molar-refractivity contribution is -0.170. The van der Waals surface area contributed by atoms with Crippen molar-refractivity contribution in [1.29, 1.82) is 0 Å². The zero-order valence-electron chi connectivity index (χ0n) is 13.4. The quantitative estimate of drug-likeness (QED) is 0.890. The Morgan fingerprint density at radius 3 is 2.25 bits per heavy atom. The van der Waals surface area contributed by atoms with Gasteiger partial charge < -0.3 is 20.4 Å². The minimum atomic E-state index is -4.99. The number of halogens is 3. The van der Waals surface area contributed by atoms with Gasteiger partial charge in [0.15, 0.2) is 0 Å². The number of rotatable bonds is 3. The van der Waals surface area contributed by atoms with E-state index in [1.54, 1.807) is 0 Å². The summed E-state index contributed by atoms with van der Waals surface area (Å²) in [5.41, 5.74) is 6.00. The lowest BCUT2D eigenvalue weighted by Crippen LogP contribution is -2.45. The van der Waals surface area contributed by atoms with Gasteiger partial charge in [-0.1, -0.05) is 0 Å². The molecule has 132 valence electrons. The summed E-state index contributed by atoms with van der Waals surface area (Å²) in [5, 5.41) is 0. The van der Waals surface area contributed by atoms with Gasteiger partial charge >= 0.3 is 12.1 Å². The number of alkyl halides is 3. The molecule has 2 amide bonds. The van der Waals surface area contributed by atoms with Crippen LogP contribution in [0.5, 0.6) is 0 Å². The molecule has 1 aromatic carbocycles. The number of hydrogen-bond acceptors (Lipinski definition) is 4. The molecule has 0 atom stereocenters. The van der Waals surface area contributed by atoms with E-state index < -0.39 is 18.0 Å². The van der Waals surface area contributed by atoms with Crippen molar-refractivity contribution in [3.8, 4) is 0 Å². The van der Waals surface area contributed by atoms with Crippen LogP contribution in [0.2, 0.25) is 0 Å². The third-order valence-electron chi connectivity index (χ3n) is 4.02. The predicted molar refractivity (Wildman–Crippen MR) is 84.1 cm³/mol. The van der Waals surface area contributed by atoms with Crippen LogP contribution in [-0.2, 0) is 4.79 Å². The molecule has 2 N–H and O–H groups in total. The molecular weight excluding hydrogens is 325 g/mol. The predicted octanol–water partition coefficient (Wildman–Crippen LogP) is 1.06. The Balaban J connectivity index is 2.33. The van der Waals surface area contributed by atoms with Crippen molar-refractivity contribution in [1.82, 2.24) is 4.90 Å². The van der Waals surface area contributed by atoms with Crippen LogP contribution < -0.4 is 15.5 Å². The number of carbonyl (C=O) groups is 2. The number of carbonyl (C=O) groups excluding carboxylic acids is 2. The van der Waals surface area contributed by atoms with Gasteiger partial charge in [0.25, 0.3) is 5.91 Å². The summed E-state index contributed by atoms with van der Waals surface area (Å²) in [6.07, 6.45) is -4.99.